The summed E-state index contributed by atoms with van der Waals surface area (Å²) in [4.78, 5) is 24.5. The molecule has 0 fully saturated rings. The Morgan fingerprint density at radius 3 is 1.39 bits per heavy atom. The summed E-state index contributed by atoms with van der Waals surface area (Å²) in [5.74, 6) is -0.348. The van der Waals surface area contributed by atoms with Crippen LogP contribution in [0.4, 0.5) is 0 Å². The first-order valence-corrected chi connectivity index (χ1v) is 20.2. The van der Waals surface area contributed by atoms with Crippen LogP contribution in [0.5, 0.6) is 5.75 Å². The molecule has 0 aliphatic rings. The summed E-state index contributed by atoms with van der Waals surface area (Å²) in [6.07, 6.45) is 48.7. The maximum absolute atomic E-state index is 12.4. The van der Waals surface area contributed by atoms with E-state index in [0.29, 0.717) is 18.6 Å². The molecule has 0 N–H and O–H groups in total. The van der Waals surface area contributed by atoms with Crippen LogP contribution in [0.25, 0.3) is 0 Å². The number of esters is 2. The summed E-state index contributed by atoms with van der Waals surface area (Å²) in [5, 5.41) is 0. The monoisotopic (exact) mass is 677 g/mol. The average Bonchev–Trinajstić information content (AvgIpc) is 3.11. The van der Waals surface area contributed by atoms with E-state index >= 15 is 0 Å². The molecule has 0 saturated carbocycles. The second-order valence-electron chi connectivity index (χ2n) is 13.4. The molecule has 0 aliphatic heterocycles. The van der Waals surface area contributed by atoms with Crippen molar-refractivity contribution >= 4 is 11.9 Å². The van der Waals surface area contributed by atoms with Crippen molar-refractivity contribution in [3.63, 3.8) is 0 Å². The van der Waals surface area contributed by atoms with Crippen LogP contribution in [0, 0.1) is 0 Å². The maximum atomic E-state index is 12.4. The zero-order chi connectivity index (χ0) is 35.3. The van der Waals surface area contributed by atoms with Crippen molar-refractivity contribution in [2.24, 2.45) is 0 Å². The number of ether oxygens (including phenoxy) is 2. The molecule has 0 bridgehead atoms. The Bertz CT molecular complexity index is 1020. The van der Waals surface area contributed by atoms with E-state index in [4.69, 9.17) is 9.47 Å². The molecule has 0 unspecified atom stereocenters. The summed E-state index contributed by atoms with van der Waals surface area (Å²) >= 11 is 0. The molecule has 1 aromatic carbocycles. The number of hydrogen-bond donors (Lipinski definition) is 0. The van der Waals surface area contributed by atoms with E-state index in [1.165, 1.54) is 122 Å². The molecule has 4 heteroatoms. The van der Waals surface area contributed by atoms with Crippen molar-refractivity contribution in [2.45, 2.75) is 181 Å². The average molecular weight is 677 g/mol. The minimum Gasteiger partial charge on any atom is -0.494 e. The number of carbonyl (C=O) groups excluding carboxylic acids is 2. The Labute approximate surface area is 301 Å². The third-order valence-electron chi connectivity index (χ3n) is 8.77. The van der Waals surface area contributed by atoms with Crippen molar-refractivity contribution < 1.29 is 19.1 Å². The largest absolute Gasteiger partial charge is 0.494 e. The Hall–Kier alpha value is -2.88. The molecule has 1 rings (SSSR count). The molecule has 49 heavy (non-hydrogen) atoms. The molecule has 0 saturated heterocycles. The van der Waals surface area contributed by atoms with Crippen LogP contribution in [0.1, 0.15) is 191 Å². The predicted molar refractivity (Wildman–Crippen MR) is 210 cm³/mol. The summed E-state index contributed by atoms with van der Waals surface area (Å²) in [5.41, 5.74) is 0.364. The number of hydrogen-bond acceptors (Lipinski definition) is 4. The van der Waals surface area contributed by atoms with E-state index in [2.05, 4.69) is 62.5 Å². The predicted octanol–water partition coefficient (Wildman–Crippen LogP) is 14.2. The quantitative estimate of drug-likeness (QED) is 0.0322. The van der Waals surface area contributed by atoms with Crippen molar-refractivity contribution in [3.05, 3.63) is 78.4 Å². The van der Waals surface area contributed by atoms with E-state index in [0.717, 1.165) is 37.9 Å². The van der Waals surface area contributed by atoms with Gasteiger partial charge in [-0.2, -0.15) is 0 Å². The number of rotatable bonds is 33. The Morgan fingerprint density at radius 1 is 0.490 bits per heavy atom. The lowest BCUT2D eigenvalue weighted by molar-refractivity contribution is -0.138. The first kappa shape index (κ1) is 44.1. The first-order valence-electron chi connectivity index (χ1n) is 20.2. The summed E-state index contributed by atoms with van der Waals surface area (Å²) in [6.45, 7) is 5.20. The van der Waals surface area contributed by atoms with Gasteiger partial charge < -0.3 is 9.47 Å². The van der Waals surface area contributed by atoms with Crippen LogP contribution in [0.15, 0.2) is 72.9 Å². The zero-order valence-corrected chi connectivity index (χ0v) is 31.7. The van der Waals surface area contributed by atoms with Gasteiger partial charge >= 0.3 is 11.9 Å². The number of benzene rings is 1. The first-order chi connectivity index (χ1) is 24.2. The zero-order valence-electron chi connectivity index (χ0n) is 31.7. The summed E-state index contributed by atoms with van der Waals surface area (Å²) in [7, 11) is 0. The van der Waals surface area contributed by atoms with Gasteiger partial charge in [0.2, 0.25) is 0 Å². The van der Waals surface area contributed by atoms with Gasteiger partial charge in [0.1, 0.15) is 5.75 Å². The SMILES string of the molecule is CCCCCC=CCC=CCC=CCC=CCCCC(=O)OC(=O)c1ccc(OCCCCCCCCCCCCCCCCCC)cc1. The summed E-state index contributed by atoms with van der Waals surface area (Å²) in [6, 6.07) is 6.88. The normalized spacial score (nSPS) is 11.9. The van der Waals surface area contributed by atoms with Gasteiger partial charge in [-0.1, -0.05) is 172 Å². The van der Waals surface area contributed by atoms with Gasteiger partial charge in [0.05, 0.1) is 12.2 Å². The van der Waals surface area contributed by atoms with Crippen molar-refractivity contribution in [1.29, 1.82) is 0 Å². The Morgan fingerprint density at radius 2 is 0.898 bits per heavy atom. The number of carbonyl (C=O) groups is 2. The third-order valence-corrected chi connectivity index (χ3v) is 8.77. The van der Waals surface area contributed by atoms with Crippen LogP contribution < -0.4 is 4.74 Å². The van der Waals surface area contributed by atoms with E-state index in [1.54, 1.807) is 24.3 Å². The molecule has 0 spiro atoms. The van der Waals surface area contributed by atoms with Crippen molar-refractivity contribution in [3.8, 4) is 5.75 Å². The molecule has 0 aromatic heterocycles. The molecule has 0 radical (unpaired) electrons. The fourth-order valence-corrected chi connectivity index (χ4v) is 5.67. The van der Waals surface area contributed by atoms with Crippen LogP contribution in [-0.2, 0) is 9.53 Å². The highest BCUT2D eigenvalue weighted by molar-refractivity contribution is 5.96. The van der Waals surface area contributed by atoms with Crippen LogP contribution >= 0.6 is 0 Å². The number of allylic oxidation sites excluding steroid dienone is 8. The lowest BCUT2D eigenvalue weighted by Gasteiger charge is -2.07. The highest BCUT2D eigenvalue weighted by Gasteiger charge is 2.12. The van der Waals surface area contributed by atoms with Gasteiger partial charge in [-0.15, -0.1) is 0 Å². The highest BCUT2D eigenvalue weighted by Crippen LogP contribution is 2.16. The second kappa shape index (κ2) is 35.0. The molecule has 1 aromatic rings. The smallest absolute Gasteiger partial charge is 0.345 e. The Balaban J connectivity index is 1.99. The fourth-order valence-electron chi connectivity index (χ4n) is 5.67. The van der Waals surface area contributed by atoms with Gasteiger partial charge in [-0.3, -0.25) is 4.79 Å². The van der Waals surface area contributed by atoms with E-state index in [9.17, 15) is 9.59 Å². The van der Waals surface area contributed by atoms with Gasteiger partial charge in [-0.05, 0) is 75.6 Å². The van der Waals surface area contributed by atoms with Gasteiger partial charge in [0.15, 0.2) is 0 Å². The van der Waals surface area contributed by atoms with Crippen LogP contribution in [0.2, 0.25) is 0 Å². The topological polar surface area (TPSA) is 52.6 Å². The third kappa shape index (κ3) is 29.7. The minimum absolute atomic E-state index is 0.226. The lowest BCUT2D eigenvalue weighted by Crippen LogP contribution is -2.12. The van der Waals surface area contributed by atoms with Crippen molar-refractivity contribution in [2.75, 3.05) is 6.61 Å². The molecule has 0 heterocycles. The minimum atomic E-state index is -0.605. The molecule has 0 amide bonds. The van der Waals surface area contributed by atoms with E-state index in [-0.39, 0.29) is 6.42 Å². The molecule has 0 atom stereocenters. The second-order valence-corrected chi connectivity index (χ2v) is 13.4. The highest BCUT2D eigenvalue weighted by atomic mass is 16.6. The van der Waals surface area contributed by atoms with Crippen LogP contribution in [-0.4, -0.2) is 18.5 Å². The van der Waals surface area contributed by atoms with E-state index < -0.39 is 11.9 Å². The molecule has 0 aliphatic carbocycles. The fraction of sp³-hybridized carbons (Fsp3) is 0.644. The molecular formula is C45H72O4. The summed E-state index contributed by atoms with van der Waals surface area (Å²) < 4.78 is 10.9. The van der Waals surface area contributed by atoms with E-state index in [1.807, 2.05) is 0 Å². The van der Waals surface area contributed by atoms with Crippen molar-refractivity contribution in [1.82, 2.24) is 0 Å². The maximum Gasteiger partial charge on any atom is 0.345 e. The van der Waals surface area contributed by atoms with Gasteiger partial charge in [0.25, 0.3) is 0 Å². The van der Waals surface area contributed by atoms with Gasteiger partial charge in [0, 0.05) is 6.42 Å². The molecule has 4 nitrogen and oxygen atoms in total. The molecule has 276 valence electrons. The number of unbranched alkanes of at least 4 members (excludes halogenated alkanes) is 19. The van der Waals surface area contributed by atoms with Gasteiger partial charge in [-0.25, -0.2) is 4.79 Å². The van der Waals surface area contributed by atoms with Crippen LogP contribution in [0.3, 0.4) is 0 Å². The standard InChI is InChI=1S/C45H72O4/c1-3-5-7-9-11-13-15-17-19-21-22-24-26-28-30-32-34-36-44(46)49-45(47)42-37-39-43(40-38-42)48-41-35-33-31-29-27-25-23-20-18-16-14-12-10-8-6-4-2/h11,13,17,19,22,24,28,30,37-40H,3-10,12,14-16,18,20-21,23,25-27,29,31-36,41H2,1-2H3. The Kier molecular flexibility index (Phi) is 31.5. The lowest BCUT2D eigenvalue weighted by atomic mass is 10.0. The molecular weight excluding hydrogens is 604 g/mol.